The number of aldehydes is 1. The molecular formula is C16H26INO. The monoisotopic (exact) mass is 375 g/mol. The van der Waals surface area contributed by atoms with Crippen molar-refractivity contribution in [3.8, 4) is 0 Å². The highest BCUT2D eigenvalue weighted by molar-refractivity contribution is 14.1. The molecule has 0 aromatic rings. The zero-order valence-electron chi connectivity index (χ0n) is 12.2. The first-order valence-corrected chi connectivity index (χ1v) is 7.98. The molecule has 0 aromatic carbocycles. The van der Waals surface area contributed by atoms with Crippen LogP contribution in [0.3, 0.4) is 0 Å². The van der Waals surface area contributed by atoms with Crippen molar-refractivity contribution in [1.29, 1.82) is 0 Å². The van der Waals surface area contributed by atoms with Crippen LogP contribution in [0, 0.1) is 0 Å². The predicted molar refractivity (Wildman–Crippen MR) is 92.7 cm³/mol. The van der Waals surface area contributed by atoms with Crippen molar-refractivity contribution in [1.82, 2.24) is 5.32 Å². The van der Waals surface area contributed by atoms with Crippen LogP contribution in [0.1, 0.15) is 45.4 Å². The molecule has 3 heteroatoms. The van der Waals surface area contributed by atoms with Gasteiger partial charge in [-0.1, -0.05) is 32.4 Å². The van der Waals surface area contributed by atoms with E-state index in [9.17, 15) is 4.79 Å². The Morgan fingerprint density at radius 1 is 1.42 bits per heavy atom. The van der Waals surface area contributed by atoms with Crippen LogP contribution < -0.4 is 5.32 Å². The molecule has 2 nitrogen and oxygen atoms in total. The molecule has 0 aliphatic rings. The zero-order chi connectivity index (χ0) is 14.7. The highest BCUT2D eigenvalue weighted by Crippen LogP contribution is 2.27. The molecule has 0 aromatic heterocycles. The van der Waals surface area contributed by atoms with Crippen molar-refractivity contribution in [3.63, 3.8) is 0 Å². The summed E-state index contributed by atoms with van der Waals surface area (Å²) in [5.41, 5.74) is 2.02. The van der Waals surface area contributed by atoms with E-state index < -0.39 is 0 Å². The summed E-state index contributed by atoms with van der Waals surface area (Å²) in [5.74, 6) is 0. The molecule has 0 spiro atoms. The first-order chi connectivity index (χ1) is 9.10. The fraction of sp³-hybridized carbons (Fsp3) is 0.562. The maximum absolute atomic E-state index is 11.4. The summed E-state index contributed by atoms with van der Waals surface area (Å²) in [6.45, 7) is 9.95. The molecule has 19 heavy (non-hydrogen) atoms. The Hall–Kier alpha value is -0.420. The number of hydrogen-bond acceptors (Lipinski definition) is 2. The number of carbonyl (C=O) groups is 1. The maximum atomic E-state index is 11.4. The van der Waals surface area contributed by atoms with Gasteiger partial charge in [0.05, 0.1) is 0 Å². The van der Waals surface area contributed by atoms with Gasteiger partial charge in [-0.25, -0.2) is 0 Å². The number of nitrogens with one attached hydrogen (secondary N) is 1. The van der Waals surface area contributed by atoms with E-state index in [1.54, 1.807) is 0 Å². The van der Waals surface area contributed by atoms with E-state index in [2.05, 4.69) is 48.0 Å². The third-order valence-corrected chi connectivity index (χ3v) is 3.86. The molecule has 108 valence electrons. The van der Waals surface area contributed by atoms with Crippen molar-refractivity contribution in [2.45, 2.75) is 51.5 Å². The third-order valence-electron chi connectivity index (χ3n) is 3.21. The van der Waals surface area contributed by atoms with Crippen LogP contribution in [-0.2, 0) is 4.79 Å². The van der Waals surface area contributed by atoms with E-state index in [0.717, 1.165) is 46.7 Å². The second-order valence-corrected chi connectivity index (χ2v) is 6.00. The van der Waals surface area contributed by atoms with E-state index in [1.807, 2.05) is 13.1 Å². The molecule has 0 aliphatic heterocycles. The summed E-state index contributed by atoms with van der Waals surface area (Å²) in [5, 5.41) is 3.23. The summed E-state index contributed by atoms with van der Waals surface area (Å²) < 4.78 is 0.990. The SMILES string of the molecule is C=CCC(C/C(C=O)=C(\CCCCC)C(=C)I)NC. The maximum Gasteiger partial charge on any atom is 0.146 e. The predicted octanol–water partition coefficient (Wildman–Crippen LogP) is 4.57. The van der Waals surface area contributed by atoms with Gasteiger partial charge in [-0.15, -0.1) is 6.58 Å². The summed E-state index contributed by atoms with van der Waals surface area (Å²) in [6.07, 6.45) is 8.96. The Morgan fingerprint density at radius 3 is 2.53 bits per heavy atom. The van der Waals surface area contributed by atoms with Gasteiger partial charge in [-0.3, -0.25) is 4.79 Å². The fourth-order valence-electron chi connectivity index (χ4n) is 2.03. The Balaban J connectivity index is 4.93. The molecule has 0 saturated heterocycles. The number of rotatable bonds is 11. The Kier molecular flexibility index (Phi) is 11.2. The number of unbranched alkanes of at least 4 members (excludes halogenated alkanes) is 2. The summed E-state index contributed by atoms with van der Waals surface area (Å²) in [6, 6.07) is 0.273. The summed E-state index contributed by atoms with van der Waals surface area (Å²) in [7, 11) is 1.92. The summed E-state index contributed by atoms with van der Waals surface area (Å²) >= 11 is 2.22. The quantitative estimate of drug-likeness (QED) is 0.143. The van der Waals surface area contributed by atoms with Gasteiger partial charge in [0.25, 0.3) is 0 Å². The second-order valence-electron chi connectivity index (χ2n) is 4.70. The normalized spacial score (nSPS) is 13.6. The highest BCUT2D eigenvalue weighted by atomic mass is 127. The van der Waals surface area contributed by atoms with Crippen LogP contribution in [0.4, 0.5) is 0 Å². The van der Waals surface area contributed by atoms with Gasteiger partial charge >= 0.3 is 0 Å². The average molecular weight is 375 g/mol. The molecule has 0 aliphatic carbocycles. The van der Waals surface area contributed by atoms with Crippen LogP contribution in [0.5, 0.6) is 0 Å². The molecule has 1 atom stereocenters. The Morgan fingerprint density at radius 2 is 2.11 bits per heavy atom. The molecule has 0 heterocycles. The molecule has 1 N–H and O–H groups in total. The van der Waals surface area contributed by atoms with Crippen LogP contribution in [0.2, 0.25) is 0 Å². The fourth-order valence-corrected chi connectivity index (χ4v) is 2.65. The number of hydrogen-bond donors (Lipinski definition) is 1. The minimum absolute atomic E-state index is 0.273. The lowest BCUT2D eigenvalue weighted by Gasteiger charge is -2.17. The lowest BCUT2D eigenvalue weighted by Crippen LogP contribution is -2.25. The van der Waals surface area contributed by atoms with Crippen LogP contribution in [-0.4, -0.2) is 19.4 Å². The lowest BCUT2D eigenvalue weighted by molar-refractivity contribution is -0.105. The van der Waals surface area contributed by atoms with Crippen LogP contribution in [0.15, 0.2) is 34.0 Å². The minimum atomic E-state index is 0.273. The zero-order valence-corrected chi connectivity index (χ0v) is 14.3. The minimum Gasteiger partial charge on any atom is -0.316 e. The molecule has 0 saturated carbocycles. The molecule has 0 fully saturated rings. The van der Waals surface area contributed by atoms with Gasteiger partial charge in [-0.05, 0) is 66.5 Å². The summed E-state index contributed by atoms with van der Waals surface area (Å²) in [4.78, 5) is 11.4. The standard InChI is InChI=1S/C16H26INO/c1-5-7-8-10-16(13(3)17)14(12-19)11-15(18-4)9-6-2/h6,12,15,18H,2-3,5,7-11H2,1,4H3/b16-14-. The van der Waals surface area contributed by atoms with Gasteiger partial charge in [-0.2, -0.15) is 0 Å². The van der Waals surface area contributed by atoms with Gasteiger partial charge in [0.2, 0.25) is 0 Å². The van der Waals surface area contributed by atoms with Crippen LogP contribution >= 0.6 is 22.6 Å². The topological polar surface area (TPSA) is 29.1 Å². The molecule has 0 bridgehead atoms. The van der Waals surface area contributed by atoms with Gasteiger partial charge in [0.1, 0.15) is 6.29 Å². The van der Waals surface area contributed by atoms with E-state index in [1.165, 1.54) is 12.8 Å². The smallest absolute Gasteiger partial charge is 0.146 e. The Labute approximate surface area is 131 Å². The van der Waals surface area contributed by atoms with Gasteiger partial charge in [0, 0.05) is 9.62 Å². The van der Waals surface area contributed by atoms with E-state index >= 15 is 0 Å². The first kappa shape index (κ1) is 18.6. The van der Waals surface area contributed by atoms with E-state index in [4.69, 9.17) is 0 Å². The third kappa shape index (κ3) is 7.67. The molecule has 0 radical (unpaired) electrons. The first-order valence-electron chi connectivity index (χ1n) is 6.90. The van der Waals surface area contributed by atoms with Crippen molar-refractivity contribution >= 4 is 28.9 Å². The molecule has 0 rings (SSSR count). The lowest BCUT2D eigenvalue weighted by atomic mass is 9.96. The number of halogens is 1. The van der Waals surface area contributed by atoms with Crippen molar-refractivity contribution < 1.29 is 4.79 Å². The van der Waals surface area contributed by atoms with Crippen molar-refractivity contribution in [3.05, 3.63) is 34.0 Å². The van der Waals surface area contributed by atoms with Crippen LogP contribution in [0.25, 0.3) is 0 Å². The second kappa shape index (κ2) is 11.4. The largest absolute Gasteiger partial charge is 0.316 e. The Bertz CT molecular complexity index is 334. The number of allylic oxidation sites excluding steroid dienone is 2. The van der Waals surface area contributed by atoms with E-state index in [0.29, 0.717) is 0 Å². The van der Waals surface area contributed by atoms with Crippen molar-refractivity contribution in [2.24, 2.45) is 0 Å². The molecule has 0 amide bonds. The van der Waals surface area contributed by atoms with E-state index in [-0.39, 0.29) is 6.04 Å². The van der Waals surface area contributed by atoms with Crippen molar-refractivity contribution in [2.75, 3.05) is 7.05 Å². The number of carbonyl (C=O) groups excluding carboxylic acids is 1. The highest BCUT2D eigenvalue weighted by Gasteiger charge is 2.13. The van der Waals surface area contributed by atoms with Gasteiger partial charge in [0.15, 0.2) is 0 Å². The average Bonchev–Trinajstić information content (AvgIpc) is 2.40. The van der Waals surface area contributed by atoms with Gasteiger partial charge < -0.3 is 5.32 Å². The molecule has 1 unspecified atom stereocenters. The molecular weight excluding hydrogens is 349 g/mol.